The quantitative estimate of drug-likeness (QED) is 0.921. The van der Waals surface area contributed by atoms with Crippen LogP contribution in [0.2, 0.25) is 0 Å². The number of piperidine rings is 1. The Morgan fingerprint density at radius 1 is 1.10 bits per heavy atom. The van der Waals surface area contributed by atoms with Crippen molar-refractivity contribution < 1.29 is 4.74 Å². The molecule has 2 aliphatic rings. The summed E-state index contributed by atoms with van der Waals surface area (Å²) in [6.45, 7) is 2.33. The Balaban J connectivity index is 1.92. The van der Waals surface area contributed by atoms with Crippen LogP contribution in [-0.4, -0.2) is 40.6 Å². The van der Waals surface area contributed by atoms with Crippen LogP contribution in [0.5, 0.6) is 5.88 Å². The molecule has 0 spiro atoms. The molecule has 3 rings (SSSR count). The van der Waals surface area contributed by atoms with E-state index in [9.17, 15) is 0 Å². The van der Waals surface area contributed by atoms with Gasteiger partial charge in [0.05, 0.1) is 13.2 Å². The summed E-state index contributed by atoms with van der Waals surface area (Å²) in [6.07, 6.45) is 12.1. The summed E-state index contributed by atoms with van der Waals surface area (Å²) in [4.78, 5) is 11.4. The van der Waals surface area contributed by atoms with Crippen molar-refractivity contribution in [3.05, 3.63) is 18.1 Å². The maximum Gasteiger partial charge on any atom is 0.237 e. The fraction of sp³-hybridized carbons (Fsp3) is 0.750. The first-order chi connectivity index (χ1) is 10.3. The third-order valence-electron chi connectivity index (χ3n) is 5.21. The van der Waals surface area contributed by atoms with Gasteiger partial charge in [0.25, 0.3) is 0 Å². The van der Waals surface area contributed by atoms with Crippen molar-refractivity contribution in [3.63, 3.8) is 0 Å². The van der Waals surface area contributed by atoms with Gasteiger partial charge < -0.3 is 10.5 Å². The van der Waals surface area contributed by atoms with Crippen LogP contribution in [0.4, 0.5) is 0 Å². The molecule has 2 N–H and O–H groups in total. The largest absolute Gasteiger partial charge is 0.480 e. The molecule has 1 aliphatic carbocycles. The van der Waals surface area contributed by atoms with Crippen molar-refractivity contribution in [2.24, 2.45) is 5.73 Å². The third-order valence-corrected chi connectivity index (χ3v) is 5.21. The summed E-state index contributed by atoms with van der Waals surface area (Å²) < 4.78 is 5.39. The predicted molar refractivity (Wildman–Crippen MR) is 82.1 cm³/mol. The Morgan fingerprint density at radius 3 is 2.43 bits per heavy atom. The number of hydrogen-bond acceptors (Lipinski definition) is 5. The molecule has 1 aromatic rings. The average molecular weight is 290 g/mol. The number of likely N-dealkylation sites (tertiary alicyclic amines) is 1. The van der Waals surface area contributed by atoms with Gasteiger partial charge in [0, 0.05) is 17.9 Å². The molecule has 1 aromatic heterocycles. The van der Waals surface area contributed by atoms with Gasteiger partial charge in [-0.2, -0.15) is 0 Å². The number of hydrogen-bond donors (Lipinski definition) is 1. The minimum atomic E-state index is -0.123. The first-order valence-corrected chi connectivity index (χ1v) is 8.13. The zero-order chi connectivity index (χ0) is 14.7. The van der Waals surface area contributed by atoms with Gasteiger partial charge in [0.1, 0.15) is 5.69 Å². The van der Waals surface area contributed by atoms with Crippen LogP contribution in [0.15, 0.2) is 12.4 Å². The van der Waals surface area contributed by atoms with Crippen molar-refractivity contribution in [3.8, 4) is 5.88 Å². The lowest BCUT2D eigenvalue weighted by Gasteiger charge is -2.47. The van der Waals surface area contributed by atoms with Gasteiger partial charge in [-0.05, 0) is 38.8 Å². The monoisotopic (exact) mass is 290 g/mol. The molecule has 2 fully saturated rings. The van der Waals surface area contributed by atoms with Crippen molar-refractivity contribution in [1.82, 2.24) is 14.9 Å². The fourth-order valence-electron chi connectivity index (χ4n) is 4.11. The van der Waals surface area contributed by atoms with E-state index in [0.29, 0.717) is 5.88 Å². The van der Waals surface area contributed by atoms with Crippen LogP contribution >= 0.6 is 0 Å². The first kappa shape index (κ1) is 14.7. The summed E-state index contributed by atoms with van der Waals surface area (Å²) in [5, 5.41) is 0. The molecule has 1 aliphatic heterocycles. The number of nitrogens with two attached hydrogens (primary N) is 1. The van der Waals surface area contributed by atoms with Gasteiger partial charge in [-0.3, -0.25) is 9.88 Å². The van der Waals surface area contributed by atoms with Crippen LogP contribution in [0, 0.1) is 0 Å². The van der Waals surface area contributed by atoms with E-state index in [1.54, 1.807) is 19.5 Å². The highest BCUT2D eigenvalue weighted by Crippen LogP contribution is 2.45. The van der Waals surface area contributed by atoms with Gasteiger partial charge in [0.15, 0.2) is 0 Å². The third kappa shape index (κ3) is 2.64. The molecule has 0 aromatic carbocycles. The van der Waals surface area contributed by atoms with Crippen LogP contribution in [0.25, 0.3) is 0 Å². The second-order valence-corrected chi connectivity index (χ2v) is 6.29. The second-order valence-electron chi connectivity index (χ2n) is 6.29. The summed E-state index contributed by atoms with van der Waals surface area (Å²) in [5.41, 5.74) is 7.58. The summed E-state index contributed by atoms with van der Waals surface area (Å²) >= 11 is 0. The SMILES string of the molecule is COc1nccnc1C(N)C1(N2CCCCC2)CCCC1. The molecule has 5 heteroatoms. The van der Waals surface area contributed by atoms with E-state index in [0.717, 1.165) is 31.6 Å². The summed E-state index contributed by atoms with van der Waals surface area (Å²) in [5.74, 6) is 0.577. The Labute approximate surface area is 126 Å². The second kappa shape index (κ2) is 6.28. The van der Waals surface area contributed by atoms with E-state index in [1.807, 2.05) is 0 Å². The fourth-order valence-corrected chi connectivity index (χ4v) is 4.11. The number of rotatable bonds is 4. The highest BCUT2D eigenvalue weighted by molar-refractivity contribution is 5.26. The lowest BCUT2D eigenvalue weighted by molar-refractivity contribution is 0.0457. The number of ether oxygens (including phenoxy) is 1. The van der Waals surface area contributed by atoms with Gasteiger partial charge in [-0.25, -0.2) is 4.98 Å². The molecule has 0 amide bonds. The smallest absolute Gasteiger partial charge is 0.237 e. The molecule has 5 nitrogen and oxygen atoms in total. The maximum atomic E-state index is 6.72. The molecule has 1 saturated carbocycles. The van der Waals surface area contributed by atoms with Crippen LogP contribution in [-0.2, 0) is 0 Å². The Bertz CT molecular complexity index is 467. The highest BCUT2D eigenvalue weighted by atomic mass is 16.5. The molecule has 1 unspecified atom stereocenters. The Hall–Kier alpha value is -1.20. The molecule has 0 radical (unpaired) electrons. The standard InChI is InChI=1S/C16H26N4O/c1-21-15-13(18-9-10-19-15)14(17)16(7-3-4-8-16)20-11-5-2-6-12-20/h9-10,14H,2-8,11-12,17H2,1H3. The van der Waals surface area contributed by atoms with Gasteiger partial charge >= 0.3 is 0 Å². The van der Waals surface area contributed by atoms with Gasteiger partial charge in [0.2, 0.25) is 5.88 Å². The highest BCUT2D eigenvalue weighted by Gasteiger charge is 2.46. The molecule has 2 heterocycles. The van der Waals surface area contributed by atoms with Crippen LogP contribution in [0.1, 0.15) is 56.7 Å². The van der Waals surface area contributed by atoms with Crippen molar-refractivity contribution >= 4 is 0 Å². The van der Waals surface area contributed by atoms with Crippen molar-refractivity contribution in [1.29, 1.82) is 0 Å². The normalized spacial score (nSPS) is 23.9. The van der Waals surface area contributed by atoms with Crippen LogP contribution < -0.4 is 10.5 Å². The minimum absolute atomic E-state index is 0.0454. The predicted octanol–water partition coefficient (Wildman–Crippen LogP) is 2.28. The van der Waals surface area contributed by atoms with Crippen molar-refractivity contribution in [2.75, 3.05) is 20.2 Å². The Morgan fingerprint density at radius 2 is 1.76 bits per heavy atom. The molecular formula is C16H26N4O. The van der Waals surface area contributed by atoms with Gasteiger partial charge in [-0.15, -0.1) is 0 Å². The van der Waals surface area contributed by atoms with E-state index in [-0.39, 0.29) is 11.6 Å². The Kier molecular flexibility index (Phi) is 4.40. The van der Waals surface area contributed by atoms with E-state index in [2.05, 4.69) is 14.9 Å². The van der Waals surface area contributed by atoms with E-state index in [1.165, 1.54) is 32.1 Å². The maximum absolute atomic E-state index is 6.72. The van der Waals surface area contributed by atoms with E-state index >= 15 is 0 Å². The van der Waals surface area contributed by atoms with E-state index < -0.39 is 0 Å². The van der Waals surface area contributed by atoms with Crippen LogP contribution in [0.3, 0.4) is 0 Å². The van der Waals surface area contributed by atoms with E-state index in [4.69, 9.17) is 10.5 Å². The number of methoxy groups -OCH3 is 1. The minimum Gasteiger partial charge on any atom is -0.480 e. The summed E-state index contributed by atoms with van der Waals surface area (Å²) in [6, 6.07) is -0.123. The molecule has 1 atom stereocenters. The molecule has 0 bridgehead atoms. The number of aromatic nitrogens is 2. The average Bonchev–Trinajstić information content (AvgIpc) is 3.06. The molecule has 116 valence electrons. The van der Waals surface area contributed by atoms with Crippen molar-refractivity contribution in [2.45, 2.75) is 56.5 Å². The topological polar surface area (TPSA) is 64.3 Å². The molecular weight excluding hydrogens is 264 g/mol. The lowest BCUT2D eigenvalue weighted by atomic mass is 9.83. The molecule has 21 heavy (non-hydrogen) atoms. The van der Waals surface area contributed by atoms with Gasteiger partial charge in [-0.1, -0.05) is 19.3 Å². The number of nitrogens with zero attached hydrogens (tertiary/aromatic N) is 3. The molecule has 1 saturated heterocycles. The first-order valence-electron chi connectivity index (χ1n) is 8.13. The zero-order valence-electron chi connectivity index (χ0n) is 12.9. The summed E-state index contributed by atoms with van der Waals surface area (Å²) in [7, 11) is 1.64. The zero-order valence-corrected chi connectivity index (χ0v) is 12.9. The lowest BCUT2D eigenvalue weighted by Crippen LogP contribution is -2.55.